The normalized spacial score (nSPS) is 20.8. The molecule has 4 amide bonds. The van der Waals surface area contributed by atoms with Crippen LogP contribution >= 0.6 is 11.3 Å². The Kier molecular flexibility index (Phi) is 11.6. The largest absolute Gasteiger partial charge is 0.356 e. The molecule has 12 nitrogen and oxygen atoms in total. The minimum absolute atomic E-state index is 0.0156. The summed E-state index contributed by atoms with van der Waals surface area (Å²) in [6, 6.07) is 8.32. The molecule has 0 spiro atoms. The standard InChI is InChI=1S/C35H48N8O4S/c1-23-28-20-31(45)37-25(10-8-9-15-36-32(46)21-35(2,3)4)19-30(44)38-29(18-26-22-43(41-40-26)27-11-6-5-7-12-27)34(47)42-16-13-24(14-17-42)33(39-28)48-23/h5-7,11-12,22,24-25,29H,8-10,13-21H2,1-4H3,(H,36,46)(H,37,45)(H,38,44)/t25-,29+/m0/s1. The van der Waals surface area contributed by atoms with Gasteiger partial charge in [-0.25, -0.2) is 9.67 Å². The number of aromatic nitrogens is 4. The molecular formula is C35H48N8O4S. The second-order valence-electron chi connectivity index (χ2n) is 14.2. The van der Waals surface area contributed by atoms with Crippen LogP contribution in [0.2, 0.25) is 0 Å². The van der Waals surface area contributed by atoms with Gasteiger partial charge < -0.3 is 20.9 Å². The molecule has 3 aromatic rings. The van der Waals surface area contributed by atoms with E-state index in [1.165, 1.54) is 0 Å². The lowest BCUT2D eigenvalue weighted by molar-refractivity contribution is -0.137. The number of fused-ring (bicyclic) bond motifs is 10. The lowest BCUT2D eigenvalue weighted by atomic mass is 9.92. The summed E-state index contributed by atoms with van der Waals surface area (Å²) in [4.78, 5) is 60.8. The Morgan fingerprint density at radius 2 is 1.79 bits per heavy atom. The van der Waals surface area contributed by atoms with Gasteiger partial charge in [0.2, 0.25) is 23.6 Å². The van der Waals surface area contributed by atoms with Crippen molar-refractivity contribution in [3.63, 3.8) is 0 Å². The lowest BCUT2D eigenvalue weighted by Gasteiger charge is -2.34. The second kappa shape index (κ2) is 15.8. The Balaban J connectivity index is 1.31. The molecule has 258 valence electrons. The number of thiazole rings is 1. The first-order valence-electron chi connectivity index (χ1n) is 17.0. The smallest absolute Gasteiger partial charge is 0.245 e. The second-order valence-corrected chi connectivity index (χ2v) is 15.4. The Labute approximate surface area is 286 Å². The topological polar surface area (TPSA) is 151 Å². The van der Waals surface area contributed by atoms with E-state index in [4.69, 9.17) is 4.98 Å². The van der Waals surface area contributed by atoms with Crippen molar-refractivity contribution < 1.29 is 19.2 Å². The summed E-state index contributed by atoms with van der Waals surface area (Å²) in [5.41, 5.74) is 2.12. The van der Waals surface area contributed by atoms with Crippen molar-refractivity contribution in [3.05, 3.63) is 57.8 Å². The monoisotopic (exact) mass is 676 g/mol. The fourth-order valence-electron chi connectivity index (χ4n) is 6.29. The van der Waals surface area contributed by atoms with Crippen molar-refractivity contribution >= 4 is 35.0 Å². The van der Waals surface area contributed by atoms with E-state index in [1.54, 1.807) is 22.2 Å². The average Bonchev–Trinajstić information content (AvgIpc) is 3.65. The third kappa shape index (κ3) is 9.94. The summed E-state index contributed by atoms with van der Waals surface area (Å²) in [5.74, 6) is -0.412. The molecular weight excluding hydrogens is 629 g/mol. The van der Waals surface area contributed by atoms with Crippen LogP contribution < -0.4 is 16.0 Å². The Morgan fingerprint density at radius 1 is 1.04 bits per heavy atom. The summed E-state index contributed by atoms with van der Waals surface area (Å²) in [7, 11) is 0. The van der Waals surface area contributed by atoms with Crippen molar-refractivity contribution in [3.8, 4) is 5.69 Å². The molecule has 6 rings (SSSR count). The van der Waals surface area contributed by atoms with Crippen molar-refractivity contribution in [1.29, 1.82) is 0 Å². The van der Waals surface area contributed by atoms with E-state index in [-0.39, 0.29) is 54.2 Å². The van der Waals surface area contributed by atoms with Gasteiger partial charge in [-0.15, -0.1) is 16.4 Å². The molecule has 1 aromatic carbocycles. The van der Waals surface area contributed by atoms with Gasteiger partial charge in [-0.05, 0) is 56.6 Å². The first-order chi connectivity index (χ1) is 22.9. The number of carbonyl (C=O) groups is 4. The van der Waals surface area contributed by atoms with Crippen LogP contribution in [0.4, 0.5) is 0 Å². The minimum atomic E-state index is -0.828. The fraction of sp³-hybridized carbons (Fsp3) is 0.571. The van der Waals surface area contributed by atoms with Crippen LogP contribution in [0.15, 0.2) is 36.5 Å². The van der Waals surface area contributed by atoms with Crippen LogP contribution in [-0.2, 0) is 32.0 Å². The van der Waals surface area contributed by atoms with Crippen molar-refractivity contribution in [2.75, 3.05) is 19.6 Å². The zero-order valence-corrected chi connectivity index (χ0v) is 29.3. The van der Waals surface area contributed by atoms with Gasteiger partial charge in [0.15, 0.2) is 0 Å². The number of benzene rings is 1. The van der Waals surface area contributed by atoms with Crippen molar-refractivity contribution in [2.24, 2.45) is 5.41 Å². The SMILES string of the molecule is Cc1sc2nc1CC(=O)N[C@@H](CCCCNC(=O)CC(C)(C)C)CC(=O)N[C@H](Cc1cn(-c3ccccc3)nn1)C(=O)N1CCC2CC1. The number of amides is 4. The molecule has 0 unspecified atom stereocenters. The number of hydrogen-bond acceptors (Lipinski definition) is 8. The van der Waals surface area contributed by atoms with Gasteiger partial charge in [0, 0.05) is 55.7 Å². The van der Waals surface area contributed by atoms with Crippen LogP contribution in [0.5, 0.6) is 0 Å². The van der Waals surface area contributed by atoms with Gasteiger partial charge in [0.05, 0.1) is 34.7 Å². The van der Waals surface area contributed by atoms with Gasteiger partial charge in [-0.2, -0.15) is 0 Å². The number of hydrogen-bond donors (Lipinski definition) is 3. The molecule has 4 bridgehead atoms. The molecule has 0 saturated carbocycles. The Bertz CT molecular complexity index is 1570. The average molecular weight is 677 g/mol. The van der Waals surface area contributed by atoms with Crippen LogP contribution in [-0.4, -0.2) is 80.2 Å². The maximum absolute atomic E-state index is 14.0. The molecule has 1 saturated heterocycles. The zero-order chi connectivity index (χ0) is 34.3. The highest BCUT2D eigenvalue weighted by Gasteiger charge is 2.33. The molecule has 5 heterocycles. The summed E-state index contributed by atoms with van der Waals surface area (Å²) < 4.78 is 1.66. The number of piperidine rings is 1. The van der Waals surface area contributed by atoms with E-state index in [1.807, 2.05) is 62.9 Å². The molecule has 0 radical (unpaired) electrons. The highest BCUT2D eigenvalue weighted by atomic mass is 32.1. The molecule has 0 aliphatic carbocycles. The third-order valence-electron chi connectivity index (χ3n) is 8.79. The highest BCUT2D eigenvalue weighted by molar-refractivity contribution is 7.11. The zero-order valence-electron chi connectivity index (χ0n) is 28.5. The minimum Gasteiger partial charge on any atom is -0.356 e. The fourth-order valence-corrected chi connectivity index (χ4v) is 7.39. The number of nitrogens with one attached hydrogen (secondary N) is 3. The molecule has 3 aliphatic heterocycles. The van der Waals surface area contributed by atoms with Crippen molar-refractivity contribution in [2.45, 2.75) is 103 Å². The quantitative estimate of drug-likeness (QED) is 0.293. The molecule has 13 heteroatoms. The van der Waals surface area contributed by atoms with E-state index >= 15 is 0 Å². The number of aryl methyl sites for hydroxylation is 1. The summed E-state index contributed by atoms with van der Waals surface area (Å²) in [6.45, 7) is 9.73. The predicted octanol–water partition coefficient (Wildman–Crippen LogP) is 3.62. The highest BCUT2D eigenvalue weighted by Crippen LogP contribution is 2.33. The van der Waals surface area contributed by atoms with E-state index in [0.29, 0.717) is 51.0 Å². The summed E-state index contributed by atoms with van der Waals surface area (Å²) >= 11 is 1.63. The van der Waals surface area contributed by atoms with Gasteiger partial charge in [-0.1, -0.05) is 44.2 Å². The molecule has 2 atom stereocenters. The molecule has 2 aromatic heterocycles. The first kappa shape index (κ1) is 35.2. The number of para-hydroxylation sites is 1. The predicted molar refractivity (Wildman–Crippen MR) is 184 cm³/mol. The summed E-state index contributed by atoms with van der Waals surface area (Å²) in [5, 5.41) is 18.6. The molecule has 3 aliphatic rings. The van der Waals surface area contributed by atoms with E-state index in [9.17, 15) is 19.2 Å². The maximum Gasteiger partial charge on any atom is 0.245 e. The van der Waals surface area contributed by atoms with Gasteiger partial charge in [0.25, 0.3) is 0 Å². The lowest BCUT2D eigenvalue weighted by Crippen LogP contribution is -2.52. The number of unbranched alkanes of at least 4 members (excludes halogenated alkanes) is 1. The van der Waals surface area contributed by atoms with Crippen LogP contribution in [0.1, 0.15) is 92.9 Å². The van der Waals surface area contributed by atoms with Gasteiger partial charge in [0.1, 0.15) is 6.04 Å². The number of rotatable bonds is 9. The van der Waals surface area contributed by atoms with Crippen LogP contribution in [0.25, 0.3) is 5.69 Å². The summed E-state index contributed by atoms with van der Waals surface area (Å²) in [6.07, 6.45) is 6.11. The van der Waals surface area contributed by atoms with Crippen molar-refractivity contribution in [1.82, 2.24) is 40.8 Å². The number of nitrogens with zero attached hydrogens (tertiary/aromatic N) is 5. The van der Waals surface area contributed by atoms with E-state index in [0.717, 1.165) is 34.1 Å². The van der Waals surface area contributed by atoms with E-state index < -0.39 is 12.1 Å². The molecule has 48 heavy (non-hydrogen) atoms. The maximum atomic E-state index is 14.0. The Morgan fingerprint density at radius 3 is 2.52 bits per heavy atom. The Hall–Kier alpha value is -4.13. The first-order valence-corrected chi connectivity index (χ1v) is 17.8. The van der Waals surface area contributed by atoms with Gasteiger partial charge in [-0.3, -0.25) is 19.2 Å². The van der Waals surface area contributed by atoms with E-state index in [2.05, 4.69) is 26.3 Å². The molecule has 1 fully saturated rings. The van der Waals surface area contributed by atoms with Crippen LogP contribution in [0, 0.1) is 12.3 Å². The number of carbonyl (C=O) groups excluding carboxylic acids is 4. The van der Waals surface area contributed by atoms with Gasteiger partial charge >= 0.3 is 0 Å². The van der Waals surface area contributed by atoms with Crippen LogP contribution in [0.3, 0.4) is 0 Å². The third-order valence-corrected chi connectivity index (χ3v) is 9.97. The molecule has 3 N–H and O–H groups in total.